The smallest absolute Gasteiger partial charge is 0.319 e. The van der Waals surface area contributed by atoms with Crippen LogP contribution in [0.4, 0.5) is 16.2 Å². The standard InChI is InChI=1S/C20H26ClN3O2/c1-4-24(5-2)18-9-7-17(8-10-18)23-20(25)22-12-13-26-19-11-6-16(21)14-15(19)3/h6-11,14H,4-5,12-13H2,1-3H3,(H2,22,23,25). The number of amides is 2. The van der Waals surface area contributed by atoms with E-state index in [2.05, 4.69) is 29.4 Å². The minimum absolute atomic E-state index is 0.253. The van der Waals surface area contributed by atoms with E-state index in [1.54, 1.807) is 6.07 Å². The number of carbonyl (C=O) groups is 1. The summed E-state index contributed by atoms with van der Waals surface area (Å²) >= 11 is 5.92. The average Bonchev–Trinajstić information content (AvgIpc) is 2.62. The zero-order valence-electron chi connectivity index (χ0n) is 15.5. The van der Waals surface area contributed by atoms with Crippen LogP contribution in [0.15, 0.2) is 42.5 Å². The molecule has 0 aliphatic heterocycles. The van der Waals surface area contributed by atoms with Gasteiger partial charge in [-0.05, 0) is 68.8 Å². The van der Waals surface area contributed by atoms with Crippen LogP contribution in [0, 0.1) is 6.92 Å². The van der Waals surface area contributed by atoms with Crippen molar-refractivity contribution in [3.8, 4) is 5.75 Å². The number of ether oxygens (including phenoxy) is 1. The van der Waals surface area contributed by atoms with E-state index in [-0.39, 0.29) is 6.03 Å². The lowest BCUT2D eigenvalue weighted by atomic mass is 10.2. The van der Waals surface area contributed by atoms with Gasteiger partial charge in [0.2, 0.25) is 0 Å². The predicted octanol–water partition coefficient (Wildman–Crippen LogP) is 4.70. The van der Waals surface area contributed by atoms with Crippen LogP contribution in [0.5, 0.6) is 5.75 Å². The summed E-state index contributed by atoms with van der Waals surface area (Å²) in [7, 11) is 0. The summed E-state index contributed by atoms with van der Waals surface area (Å²) in [6.07, 6.45) is 0. The monoisotopic (exact) mass is 375 g/mol. The van der Waals surface area contributed by atoms with E-state index in [1.807, 2.05) is 43.3 Å². The molecule has 0 atom stereocenters. The highest BCUT2D eigenvalue weighted by Crippen LogP contribution is 2.21. The van der Waals surface area contributed by atoms with Crippen molar-refractivity contribution in [1.82, 2.24) is 5.32 Å². The van der Waals surface area contributed by atoms with Gasteiger partial charge < -0.3 is 20.3 Å². The molecule has 2 aromatic carbocycles. The molecule has 2 amide bonds. The van der Waals surface area contributed by atoms with Crippen molar-refractivity contribution in [1.29, 1.82) is 0 Å². The lowest BCUT2D eigenvalue weighted by Gasteiger charge is -2.21. The third-order valence-electron chi connectivity index (χ3n) is 4.04. The average molecular weight is 376 g/mol. The molecule has 0 saturated carbocycles. The van der Waals surface area contributed by atoms with Gasteiger partial charge in [0.1, 0.15) is 12.4 Å². The molecule has 2 rings (SSSR count). The number of aryl methyl sites for hydroxylation is 1. The number of rotatable bonds is 8. The zero-order chi connectivity index (χ0) is 18.9. The Labute approximate surface area is 160 Å². The third-order valence-corrected chi connectivity index (χ3v) is 4.27. The highest BCUT2D eigenvalue weighted by atomic mass is 35.5. The van der Waals surface area contributed by atoms with Gasteiger partial charge in [0.05, 0.1) is 6.54 Å². The molecule has 0 saturated heterocycles. The van der Waals surface area contributed by atoms with Crippen LogP contribution in [-0.4, -0.2) is 32.3 Å². The Hall–Kier alpha value is -2.40. The van der Waals surface area contributed by atoms with Gasteiger partial charge in [0.25, 0.3) is 0 Å². The molecule has 0 aromatic heterocycles. The minimum atomic E-state index is -0.253. The fourth-order valence-electron chi connectivity index (χ4n) is 2.62. The van der Waals surface area contributed by atoms with E-state index in [0.29, 0.717) is 18.2 Å². The summed E-state index contributed by atoms with van der Waals surface area (Å²) < 4.78 is 5.65. The largest absolute Gasteiger partial charge is 0.491 e. The summed E-state index contributed by atoms with van der Waals surface area (Å²) in [6, 6.07) is 13.0. The van der Waals surface area contributed by atoms with Gasteiger partial charge in [-0.25, -0.2) is 4.79 Å². The molecule has 0 spiro atoms. The van der Waals surface area contributed by atoms with Crippen LogP contribution in [0.25, 0.3) is 0 Å². The van der Waals surface area contributed by atoms with Crippen LogP contribution in [0.1, 0.15) is 19.4 Å². The molecular weight excluding hydrogens is 350 g/mol. The molecular formula is C20H26ClN3O2. The number of hydrogen-bond acceptors (Lipinski definition) is 3. The fraction of sp³-hybridized carbons (Fsp3) is 0.350. The molecule has 0 fully saturated rings. The van der Waals surface area contributed by atoms with Crippen LogP contribution in [0.3, 0.4) is 0 Å². The molecule has 26 heavy (non-hydrogen) atoms. The molecule has 6 heteroatoms. The summed E-state index contributed by atoms with van der Waals surface area (Å²) in [4.78, 5) is 14.2. The Balaban J connectivity index is 1.74. The summed E-state index contributed by atoms with van der Waals surface area (Å²) in [5.41, 5.74) is 2.87. The molecule has 0 aliphatic rings. The van der Waals surface area contributed by atoms with E-state index in [0.717, 1.165) is 35.8 Å². The summed E-state index contributed by atoms with van der Waals surface area (Å²) in [5, 5.41) is 6.28. The third kappa shape index (κ3) is 5.85. The quantitative estimate of drug-likeness (QED) is 0.658. The maximum Gasteiger partial charge on any atom is 0.319 e. The predicted molar refractivity (Wildman–Crippen MR) is 109 cm³/mol. The number of halogens is 1. The second-order valence-electron chi connectivity index (χ2n) is 5.86. The van der Waals surface area contributed by atoms with Crippen molar-refractivity contribution in [2.24, 2.45) is 0 Å². The molecule has 2 aromatic rings. The lowest BCUT2D eigenvalue weighted by molar-refractivity contribution is 0.247. The van der Waals surface area contributed by atoms with Crippen molar-refractivity contribution in [2.75, 3.05) is 36.5 Å². The van der Waals surface area contributed by atoms with Gasteiger partial charge in [0.15, 0.2) is 0 Å². The number of carbonyl (C=O) groups excluding carboxylic acids is 1. The van der Waals surface area contributed by atoms with E-state index < -0.39 is 0 Å². The van der Waals surface area contributed by atoms with Crippen molar-refractivity contribution >= 4 is 29.0 Å². The SMILES string of the molecule is CCN(CC)c1ccc(NC(=O)NCCOc2ccc(Cl)cc2C)cc1. The van der Waals surface area contributed by atoms with Crippen LogP contribution in [0.2, 0.25) is 5.02 Å². The van der Waals surface area contributed by atoms with Gasteiger partial charge in [-0.15, -0.1) is 0 Å². The van der Waals surface area contributed by atoms with E-state index in [4.69, 9.17) is 16.3 Å². The molecule has 0 aliphatic carbocycles. The first-order chi connectivity index (χ1) is 12.5. The van der Waals surface area contributed by atoms with E-state index in [1.165, 1.54) is 0 Å². The van der Waals surface area contributed by atoms with E-state index in [9.17, 15) is 4.79 Å². The first kappa shape index (κ1) is 19.9. The fourth-order valence-corrected chi connectivity index (χ4v) is 2.85. The molecule has 0 radical (unpaired) electrons. The number of nitrogens with one attached hydrogen (secondary N) is 2. The lowest BCUT2D eigenvalue weighted by Crippen LogP contribution is -2.32. The zero-order valence-corrected chi connectivity index (χ0v) is 16.3. The second kappa shape index (κ2) is 9.92. The number of hydrogen-bond donors (Lipinski definition) is 2. The van der Waals surface area contributed by atoms with Crippen molar-refractivity contribution < 1.29 is 9.53 Å². The van der Waals surface area contributed by atoms with Gasteiger partial charge in [-0.1, -0.05) is 11.6 Å². The number of benzene rings is 2. The molecule has 0 heterocycles. The van der Waals surface area contributed by atoms with Gasteiger partial charge >= 0.3 is 6.03 Å². The normalized spacial score (nSPS) is 10.3. The Bertz CT molecular complexity index is 715. The van der Waals surface area contributed by atoms with Crippen LogP contribution in [-0.2, 0) is 0 Å². The summed E-state index contributed by atoms with van der Waals surface area (Å²) in [6.45, 7) is 8.88. The Morgan fingerprint density at radius 2 is 1.81 bits per heavy atom. The van der Waals surface area contributed by atoms with Crippen LogP contribution >= 0.6 is 11.6 Å². The Morgan fingerprint density at radius 1 is 1.12 bits per heavy atom. The number of nitrogens with zero attached hydrogens (tertiary/aromatic N) is 1. The van der Waals surface area contributed by atoms with Crippen LogP contribution < -0.4 is 20.3 Å². The maximum atomic E-state index is 12.0. The molecule has 5 nitrogen and oxygen atoms in total. The Morgan fingerprint density at radius 3 is 2.42 bits per heavy atom. The topological polar surface area (TPSA) is 53.6 Å². The summed E-state index contributed by atoms with van der Waals surface area (Å²) in [5.74, 6) is 0.767. The maximum absolute atomic E-state index is 12.0. The first-order valence-electron chi connectivity index (χ1n) is 8.82. The molecule has 0 bridgehead atoms. The molecule has 2 N–H and O–H groups in total. The van der Waals surface area contributed by atoms with Gasteiger partial charge in [-0.2, -0.15) is 0 Å². The first-order valence-corrected chi connectivity index (χ1v) is 9.20. The van der Waals surface area contributed by atoms with Crippen molar-refractivity contribution in [3.63, 3.8) is 0 Å². The Kier molecular flexibility index (Phi) is 7.60. The van der Waals surface area contributed by atoms with Crippen molar-refractivity contribution in [3.05, 3.63) is 53.1 Å². The van der Waals surface area contributed by atoms with E-state index >= 15 is 0 Å². The highest BCUT2D eigenvalue weighted by Gasteiger charge is 2.05. The number of urea groups is 1. The molecule has 0 unspecified atom stereocenters. The minimum Gasteiger partial charge on any atom is -0.491 e. The van der Waals surface area contributed by atoms with Gasteiger partial charge in [0, 0.05) is 29.5 Å². The number of anilines is 2. The molecule has 140 valence electrons. The van der Waals surface area contributed by atoms with Gasteiger partial charge in [-0.3, -0.25) is 0 Å². The van der Waals surface area contributed by atoms with Crippen molar-refractivity contribution in [2.45, 2.75) is 20.8 Å². The highest BCUT2D eigenvalue weighted by molar-refractivity contribution is 6.30. The second-order valence-corrected chi connectivity index (χ2v) is 6.29.